The van der Waals surface area contributed by atoms with Gasteiger partial charge in [-0.1, -0.05) is 34.4 Å². The summed E-state index contributed by atoms with van der Waals surface area (Å²) in [5.41, 5.74) is 0.770. The first-order chi connectivity index (χ1) is 9.70. The number of benzene rings is 1. The summed E-state index contributed by atoms with van der Waals surface area (Å²) in [6.45, 7) is 0. The fourth-order valence-electron chi connectivity index (χ4n) is 1.65. The number of alkyl halides is 1. The third kappa shape index (κ3) is 3.84. The summed E-state index contributed by atoms with van der Waals surface area (Å²) < 4.78 is 2.50. The van der Waals surface area contributed by atoms with Crippen LogP contribution >= 0.6 is 22.6 Å². The molecular weight excluding hydrogens is 367 g/mol. The zero-order chi connectivity index (χ0) is 14.4. The Labute approximate surface area is 130 Å². The fourth-order valence-corrected chi connectivity index (χ4v) is 2.03. The first-order valence-electron chi connectivity index (χ1n) is 6.18. The quantitative estimate of drug-likeness (QED) is 0.384. The minimum atomic E-state index is -0.446. The van der Waals surface area contributed by atoms with E-state index in [-0.39, 0.29) is 0 Å². The molecule has 0 spiro atoms. The van der Waals surface area contributed by atoms with E-state index in [1.165, 1.54) is 16.8 Å². The van der Waals surface area contributed by atoms with Crippen LogP contribution in [0, 0.1) is 11.8 Å². The highest BCUT2D eigenvalue weighted by atomic mass is 127. The van der Waals surface area contributed by atoms with Gasteiger partial charge in [0.2, 0.25) is 0 Å². The second kappa shape index (κ2) is 7.10. The summed E-state index contributed by atoms with van der Waals surface area (Å²) in [6, 6.07) is 8.66. The summed E-state index contributed by atoms with van der Waals surface area (Å²) in [5, 5.41) is 0. The van der Waals surface area contributed by atoms with Crippen LogP contribution in [0.15, 0.2) is 46.1 Å². The van der Waals surface area contributed by atoms with Crippen LogP contribution in [0.5, 0.6) is 0 Å². The second-order valence-corrected chi connectivity index (χ2v) is 5.20. The fraction of sp³-hybridized carbons (Fsp3) is 0.200. The molecule has 4 nitrogen and oxygen atoms in total. The minimum Gasteiger partial charge on any atom is -0.274 e. The first kappa shape index (κ1) is 14.6. The van der Waals surface area contributed by atoms with E-state index in [2.05, 4.69) is 39.4 Å². The van der Waals surface area contributed by atoms with Gasteiger partial charge in [-0.3, -0.25) is 14.3 Å². The van der Waals surface area contributed by atoms with Crippen molar-refractivity contribution < 1.29 is 0 Å². The van der Waals surface area contributed by atoms with Gasteiger partial charge in [-0.15, -0.1) is 0 Å². The van der Waals surface area contributed by atoms with Crippen molar-refractivity contribution >= 4 is 22.6 Å². The molecule has 1 heterocycles. The topological polar surface area (TPSA) is 54.9 Å². The van der Waals surface area contributed by atoms with Crippen molar-refractivity contribution in [2.75, 3.05) is 4.43 Å². The number of nitrogens with zero attached hydrogens (tertiary/aromatic N) is 1. The SMILES string of the molecule is O=c1ccn(-c2ccc(C#CCCCI)cc2)c(=O)[nH]1. The van der Waals surface area contributed by atoms with E-state index in [1.54, 1.807) is 0 Å². The number of halogens is 1. The van der Waals surface area contributed by atoms with Crippen LogP contribution < -0.4 is 11.2 Å². The van der Waals surface area contributed by atoms with Crippen molar-refractivity contribution in [2.45, 2.75) is 12.8 Å². The van der Waals surface area contributed by atoms with Crippen LogP contribution in [0.2, 0.25) is 0 Å². The predicted octanol–water partition coefficient (Wildman–Crippen LogP) is 2.09. The van der Waals surface area contributed by atoms with Crippen LogP contribution in [0.1, 0.15) is 18.4 Å². The van der Waals surface area contributed by atoms with Gasteiger partial charge in [-0.05, 0) is 30.7 Å². The normalized spacial score (nSPS) is 9.85. The average Bonchev–Trinajstić information content (AvgIpc) is 2.45. The van der Waals surface area contributed by atoms with Crippen LogP contribution in [0.3, 0.4) is 0 Å². The number of H-pyrrole nitrogens is 1. The number of aromatic amines is 1. The number of unbranched alkanes of at least 4 members (excludes halogenated alkanes) is 1. The smallest absolute Gasteiger partial charge is 0.274 e. The Morgan fingerprint density at radius 2 is 1.90 bits per heavy atom. The van der Waals surface area contributed by atoms with Crippen molar-refractivity contribution in [3.63, 3.8) is 0 Å². The standard InChI is InChI=1S/C15H13IN2O2/c16-10-3-1-2-4-12-5-7-13(8-6-12)18-11-9-14(19)17-15(18)20/h5-9,11H,1,3,10H2,(H,17,19,20). The molecule has 0 atom stereocenters. The van der Waals surface area contributed by atoms with E-state index in [4.69, 9.17) is 0 Å². The van der Waals surface area contributed by atoms with E-state index in [0.29, 0.717) is 5.69 Å². The molecule has 0 aliphatic rings. The molecule has 5 heteroatoms. The Bertz CT molecular complexity index is 748. The number of rotatable bonds is 3. The van der Waals surface area contributed by atoms with Crippen molar-refractivity contribution in [1.29, 1.82) is 0 Å². The molecule has 0 fully saturated rings. The first-order valence-corrected chi connectivity index (χ1v) is 7.70. The summed E-state index contributed by atoms with van der Waals surface area (Å²) in [5.74, 6) is 6.19. The Balaban J connectivity index is 2.21. The third-order valence-electron chi connectivity index (χ3n) is 2.64. The van der Waals surface area contributed by atoms with Crippen molar-refractivity contribution in [3.8, 4) is 17.5 Å². The molecule has 20 heavy (non-hydrogen) atoms. The van der Waals surface area contributed by atoms with Gasteiger partial charge < -0.3 is 0 Å². The number of hydrogen-bond acceptors (Lipinski definition) is 2. The summed E-state index contributed by atoms with van der Waals surface area (Å²) in [7, 11) is 0. The number of nitrogens with one attached hydrogen (secondary N) is 1. The molecule has 0 unspecified atom stereocenters. The van der Waals surface area contributed by atoms with E-state index in [9.17, 15) is 9.59 Å². The lowest BCUT2D eigenvalue weighted by Gasteiger charge is -2.03. The third-order valence-corrected chi connectivity index (χ3v) is 3.40. The zero-order valence-corrected chi connectivity index (χ0v) is 12.9. The van der Waals surface area contributed by atoms with E-state index in [0.717, 1.165) is 22.8 Å². The van der Waals surface area contributed by atoms with Crippen molar-refractivity contribution in [3.05, 3.63) is 62.9 Å². The van der Waals surface area contributed by atoms with Crippen LogP contribution in [0.25, 0.3) is 5.69 Å². The second-order valence-electron chi connectivity index (χ2n) is 4.12. The zero-order valence-electron chi connectivity index (χ0n) is 10.7. The Kier molecular flexibility index (Phi) is 5.18. The summed E-state index contributed by atoms with van der Waals surface area (Å²) in [4.78, 5) is 24.9. The Morgan fingerprint density at radius 1 is 1.15 bits per heavy atom. The van der Waals surface area contributed by atoms with Gasteiger partial charge in [-0.2, -0.15) is 0 Å². The molecule has 0 saturated carbocycles. The summed E-state index contributed by atoms with van der Waals surface area (Å²) in [6.07, 6.45) is 3.45. The molecule has 2 rings (SSSR count). The van der Waals surface area contributed by atoms with Crippen molar-refractivity contribution in [1.82, 2.24) is 9.55 Å². The molecule has 0 radical (unpaired) electrons. The molecule has 0 bridgehead atoms. The molecule has 1 aromatic carbocycles. The highest BCUT2D eigenvalue weighted by Gasteiger charge is 1.99. The molecule has 1 N–H and O–H groups in total. The van der Waals surface area contributed by atoms with E-state index >= 15 is 0 Å². The van der Waals surface area contributed by atoms with Crippen LogP contribution in [0.4, 0.5) is 0 Å². The monoisotopic (exact) mass is 380 g/mol. The predicted molar refractivity (Wildman–Crippen MR) is 87.7 cm³/mol. The van der Waals surface area contributed by atoms with Gasteiger partial charge in [0.15, 0.2) is 0 Å². The highest BCUT2D eigenvalue weighted by Crippen LogP contribution is 2.06. The molecule has 102 valence electrons. The molecule has 1 aromatic heterocycles. The molecular formula is C15H13IN2O2. The lowest BCUT2D eigenvalue weighted by Crippen LogP contribution is -2.27. The number of hydrogen-bond donors (Lipinski definition) is 1. The summed E-state index contributed by atoms with van der Waals surface area (Å²) >= 11 is 2.33. The van der Waals surface area contributed by atoms with Gasteiger partial charge in [-0.25, -0.2) is 4.79 Å². The average molecular weight is 380 g/mol. The number of aromatic nitrogens is 2. The maximum absolute atomic E-state index is 11.6. The minimum absolute atomic E-state index is 0.399. The Hall–Kier alpha value is -1.81. The maximum Gasteiger partial charge on any atom is 0.332 e. The highest BCUT2D eigenvalue weighted by molar-refractivity contribution is 14.1. The van der Waals surface area contributed by atoms with E-state index in [1.807, 2.05) is 24.3 Å². The molecule has 0 aliphatic heterocycles. The molecule has 0 amide bonds. The van der Waals surface area contributed by atoms with E-state index < -0.39 is 11.2 Å². The Morgan fingerprint density at radius 3 is 2.55 bits per heavy atom. The van der Waals surface area contributed by atoms with Gasteiger partial charge in [0.25, 0.3) is 5.56 Å². The van der Waals surface area contributed by atoms with Crippen LogP contribution in [-0.4, -0.2) is 14.0 Å². The molecule has 0 aliphatic carbocycles. The molecule has 0 saturated heterocycles. The van der Waals surface area contributed by atoms with Gasteiger partial charge in [0.05, 0.1) is 5.69 Å². The largest absolute Gasteiger partial charge is 0.332 e. The maximum atomic E-state index is 11.6. The van der Waals surface area contributed by atoms with Gasteiger partial charge >= 0.3 is 5.69 Å². The van der Waals surface area contributed by atoms with Crippen molar-refractivity contribution in [2.24, 2.45) is 0 Å². The lowest BCUT2D eigenvalue weighted by molar-refractivity contribution is 0.896. The van der Waals surface area contributed by atoms with Crippen LogP contribution in [-0.2, 0) is 0 Å². The molecule has 2 aromatic rings. The van der Waals surface area contributed by atoms with Gasteiger partial charge in [0.1, 0.15) is 0 Å². The lowest BCUT2D eigenvalue weighted by atomic mass is 10.2. The van der Waals surface area contributed by atoms with Gasteiger partial charge in [0, 0.05) is 28.7 Å².